The second-order valence-corrected chi connectivity index (χ2v) is 5.02. The number of carbonyl (C=O) groups excluding carboxylic acids is 1. The molecule has 0 fully saturated rings. The van der Waals surface area contributed by atoms with E-state index < -0.39 is 13.0 Å². The van der Waals surface area contributed by atoms with Crippen LogP contribution in [0.1, 0.15) is 24.3 Å². The minimum atomic E-state index is -2.48. The number of alkyl halides is 2. The molecule has 4 nitrogen and oxygen atoms in total. The van der Waals surface area contributed by atoms with Crippen LogP contribution in [-0.4, -0.2) is 38.6 Å². The molecule has 0 saturated heterocycles. The molecule has 1 aliphatic heterocycles. The predicted octanol–water partition coefficient (Wildman–Crippen LogP) is 2.37. The van der Waals surface area contributed by atoms with Gasteiger partial charge in [0, 0.05) is 31.1 Å². The van der Waals surface area contributed by atoms with Gasteiger partial charge < -0.3 is 15.4 Å². The van der Waals surface area contributed by atoms with Crippen LogP contribution in [0.25, 0.3) is 0 Å². The molecule has 0 bridgehead atoms. The van der Waals surface area contributed by atoms with Gasteiger partial charge in [-0.05, 0) is 18.1 Å². The number of carbonyl (C=O) groups is 1. The van der Waals surface area contributed by atoms with Gasteiger partial charge in [-0.1, -0.05) is 18.2 Å². The molecular formula is C15H20F2N2O2. The Morgan fingerprint density at radius 2 is 2.24 bits per heavy atom. The lowest BCUT2D eigenvalue weighted by molar-refractivity contribution is -0.122. The van der Waals surface area contributed by atoms with Crippen LogP contribution in [0, 0.1) is 0 Å². The zero-order valence-electron chi connectivity index (χ0n) is 11.8. The van der Waals surface area contributed by atoms with E-state index in [0.717, 1.165) is 18.7 Å². The molecule has 0 spiro atoms. The van der Waals surface area contributed by atoms with Crippen molar-refractivity contribution in [2.75, 3.05) is 31.6 Å². The Balaban J connectivity index is 1.61. The Labute approximate surface area is 122 Å². The van der Waals surface area contributed by atoms with Gasteiger partial charge in [0.2, 0.25) is 5.91 Å². The number of benzene rings is 1. The van der Waals surface area contributed by atoms with Crippen molar-refractivity contribution in [1.29, 1.82) is 0 Å². The average molecular weight is 298 g/mol. The van der Waals surface area contributed by atoms with E-state index in [4.69, 9.17) is 0 Å². The maximum absolute atomic E-state index is 11.8. The van der Waals surface area contributed by atoms with Crippen molar-refractivity contribution in [2.24, 2.45) is 0 Å². The highest BCUT2D eigenvalue weighted by molar-refractivity contribution is 5.75. The largest absolute Gasteiger partial charge is 0.384 e. The summed E-state index contributed by atoms with van der Waals surface area (Å²) in [5, 5.41) is 6.13. The number of hydrogen-bond acceptors (Lipinski definition) is 3. The maximum atomic E-state index is 11.8. The van der Waals surface area contributed by atoms with Gasteiger partial charge in [0.25, 0.3) is 6.43 Å². The van der Waals surface area contributed by atoms with Gasteiger partial charge in [-0.3, -0.25) is 4.79 Å². The number of nitrogens with one attached hydrogen (secondary N) is 2. The number of rotatable bonds is 8. The highest BCUT2D eigenvalue weighted by Crippen LogP contribution is 2.32. The first-order valence-electron chi connectivity index (χ1n) is 7.12. The third-order valence-corrected chi connectivity index (χ3v) is 3.47. The van der Waals surface area contributed by atoms with E-state index in [1.54, 1.807) is 0 Å². The first-order chi connectivity index (χ1) is 10.2. The zero-order chi connectivity index (χ0) is 15.1. The second kappa shape index (κ2) is 7.93. The first-order valence-corrected chi connectivity index (χ1v) is 7.12. The Morgan fingerprint density at radius 1 is 1.43 bits per heavy atom. The molecule has 1 atom stereocenters. The Kier molecular flexibility index (Phi) is 5.92. The summed E-state index contributed by atoms with van der Waals surface area (Å²) in [6, 6.07) is 8.15. The van der Waals surface area contributed by atoms with Crippen LogP contribution < -0.4 is 10.6 Å². The minimum Gasteiger partial charge on any atom is -0.384 e. The minimum absolute atomic E-state index is 0.0317. The smallest absolute Gasteiger partial charge is 0.261 e. The summed E-state index contributed by atoms with van der Waals surface area (Å²) in [7, 11) is 0. The standard InChI is InChI=1S/C15H20F2N2O2/c16-14(17)10-21-8-6-15(20)18-7-5-11-9-19-13-4-2-1-3-12(11)13/h1-4,11,14,19H,5-10H2,(H,18,20). The molecule has 0 radical (unpaired) electrons. The van der Waals surface area contributed by atoms with Crippen molar-refractivity contribution in [3.63, 3.8) is 0 Å². The lowest BCUT2D eigenvalue weighted by atomic mass is 9.98. The lowest BCUT2D eigenvalue weighted by Crippen LogP contribution is -2.27. The molecule has 116 valence electrons. The Morgan fingerprint density at radius 3 is 3.05 bits per heavy atom. The van der Waals surface area contributed by atoms with Crippen molar-refractivity contribution in [2.45, 2.75) is 25.2 Å². The van der Waals surface area contributed by atoms with Gasteiger partial charge in [-0.25, -0.2) is 8.78 Å². The van der Waals surface area contributed by atoms with Crippen molar-refractivity contribution in [1.82, 2.24) is 5.32 Å². The molecule has 1 heterocycles. The van der Waals surface area contributed by atoms with E-state index in [1.807, 2.05) is 18.2 Å². The number of ether oxygens (including phenoxy) is 1. The monoisotopic (exact) mass is 298 g/mol. The molecule has 2 N–H and O–H groups in total. The lowest BCUT2D eigenvalue weighted by Gasteiger charge is -2.11. The quantitative estimate of drug-likeness (QED) is 0.725. The number of hydrogen-bond donors (Lipinski definition) is 2. The average Bonchev–Trinajstić information content (AvgIpc) is 2.87. The molecule has 0 aliphatic carbocycles. The Bertz CT molecular complexity index is 469. The molecule has 21 heavy (non-hydrogen) atoms. The maximum Gasteiger partial charge on any atom is 0.261 e. The fourth-order valence-electron chi connectivity index (χ4n) is 2.43. The number of para-hydroxylation sites is 1. The number of halogens is 2. The molecule has 0 aromatic heterocycles. The SMILES string of the molecule is O=C(CCOCC(F)F)NCCC1CNc2ccccc21. The number of anilines is 1. The van der Waals surface area contributed by atoms with Gasteiger partial charge in [0.15, 0.2) is 0 Å². The predicted molar refractivity (Wildman–Crippen MR) is 76.7 cm³/mol. The van der Waals surface area contributed by atoms with Gasteiger partial charge in [0.05, 0.1) is 6.61 Å². The van der Waals surface area contributed by atoms with Crippen LogP contribution in [-0.2, 0) is 9.53 Å². The third-order valence-electron chi connectivity index (χ3n) is 3.47. The summed E-state index contributed by atoms with van der Waals surface area (Å²) < 4.78 is 28.3. The molecule has 6 heteroatoms. The molecule has 1 unspecified atom stereocenters. The molecule has 0 saturated carbocycles. The molecule has 1 aliphatic rings. The van der Waals surface area contributed by atoms with Crippen LogP contribution in [0.2, 0.25) is 0 Å². The summed E-state index contributed by atoms with van der Waals surface area (Å²) in [4.78, 5) is 11.5. The van der Waals surface area contributed by atoms with Crippen LogP contribution in [0.15, 0.2) is 24.3 Å². The van der Waals surface area contributed by atoms with Crippen molar-refractivity contribution in [3.05, 3.63) is 29.8 Å². The van der Waals surface area contributed by atoms with Crippen molar-refractivity contribution in [3.8, 4) is 0 Å². The van der Waals surface area contributed by atoms with E-state index in [-0.39, 0.29) is 18.9 Å². The van der Waals surface area contributed by atoms with E-state index in [9.17, 15) is 13.6 Å². The third kappa shape index (κ3) is 4.97. The van der Waals surface area contributed by atoms with Crippen LogP contribution >= 0.6 is 0 Å². The van der Waals surface area contributed by atoms with E-state index in [0.29, 0.717) is 12.5 Å². The topological polar surface area (TPSA) is 50.4 Å². The molecule has 1 aromatic carbocycles. The molecule has 2 rings (SSSR count). The summed E-state index contributed by atoms with van der Waals surface area (Å²) in [6.07, 6.45) is -1.51. The molecule has 1 aromatic rings. The van der Waals surface area contributed by atoms with Crippen LogP contribution in [0.3, 0.4) is 0 Å². The summed E-state index contributed by atoms with van der Waals surface area (Å²) in [5.41, 5.74) is 2.45. The van der Waals surface area contributed by atoms with E-state index in [1.165, 1.54) is 5.56 Å². The normalized spacial score (nSPS) is 16.6. The first kappa shape index (κ1) is 15.7. The fraction of sp³-hybridized carbons (Fsp3) is 0.533. The molecule has 1 amide bonds. The highest BCUT2D eigenvalue weighted by Gasteiger charge is 2.20. The van der Waals surface area contributed by atoms with E-state index in [2.05, 4.69) is 21.4 Å². The molecular weight excluding hydrogens is 278 g/mol. The van der Waals surface area contributed by atoms with Gasteiger partial charge in [-0.15, -0.1) is 0 Å². The Hall–Kier alpha value is -1.69. The fourth-order valence-corrected chi connectivity index (χ4v) is 2.43. The number of amides is 1. The van der Waals surface area contributed by atoms with Crippen molar-refractivity contribution >= 4 is 11.6 Å². The summed E-state index contributed by atoms with van der Waals surface area (Å²) >= 11 is 0. The highest BCUT2D eigenvalue weighted by atomic mass is 19.3. The zero-order valence-corrected chi connectivity index (χ0v) is 11.8. The summed E-state index contributed by atoms with van der Waals surface area (Å²) in [5.74, 6) is 0.236. The summed E-state index contributed by atoms with van der Waals surface area (Å²) in [6.45, 7) is 0.878. The number of fused-ring (bicyclic) bond motifs is 1. The van der Waals surface area contributed by atoms with Crippen LogP contribution in [0.4, 0.5) is 14.5 Å². The van der Waals surface area contributed by atoms with Crippen molar-refractivity contribution < 1.29 is 18.3 Å². The van der Waals surface area contributed by atoms with Gasteiger partial charge in [-0.2, -0.15) is 0 Å². The van der Waals surface area contributed by atoms with Crippen LogP contribution in [0.5, 0.6) is 0 Å². The van der Waals surface area contributed by atoms with E-state index >= 15 is 0 Å². The van der Waals surface area contributed by atoms with Gasteiger partial charge in [0.1, 0.15) is 6.61 Å². The van der Waals surface area contributed by atoms with Gasteiger partial charge >= 0.3 is 0 Å². The second-order valence-electron chi connectivity index (χ2n) is 5.02.